The van der Waals surface area contributed by atoms with Crippen molar-refractivity contribution < 1.29 is 14.3 Å². The van der Waals surface area contributed by atoms with Crippen molar-refractivity contribution in [3.63, 3.8) is 0 Å². The monoisotopic (exact) mass is 426 g/mol. The summed E-state index contributed by atoms with van der Waals surface area (Å²) in [7, 11) is 3.26. The van der Waals surface area contributed by atoms with Gasteiger partial charge in [0.2, 0.25) is 0 Å². The fourth-order valence-electron chi connectivity index (χ4n) is 4.06. The third kappa shape index (κ3) is 3.71. The lowest BCUT2D eigenvalue weighted by atomic mass is 10.1. The molecule has 158 valence electrons. The molecule has 0 N–H and O–H groups in total. The molecule has 0 bridgehead atoms. The molecule has 1 aromatic carbocycles. The van der Waals surface area contributed by atoms with Crippen LogP contribution in [-0.2, 0) is 4.79 Å². The predicted octanol–water partition coefficient (Wildman–Crippen LogP) is 3.89. The van der Waals surface area contributed by atoms with Gasteiger partial charge in [0.1, 0.15) is 0 Å². The maximum Gasteiger partial charge on any atom is 0.186 e. The Morgan fingerprint density at radius 1 is 1.17 bits per heavy atom. The minimum absolute atomic E-state index is 0.172. The first-order valence-electron chi connectivity index (χ1n) is 9.92. The summed E-state index contributed by atoms with van der Waals surface area (Å²) in [5, 5.41) is 5.26. The molecule has 7 nitrogen and oxygen atoms in total. The van der Waals surface area contributed by atoms with Crippen LogP contribution in [0.2, 0.25) is 0 Å². The molecule has 3 heterocycles. The van der Waals surface area contributed by atoms with E-state index in [1.54, 1.807) is 21.1 Å². The molecule has 30 heavy (non-hydrogen) atoms. The molecular weight excluding hydrogens is 400 g/mol. The maximum atomic E-state index is 11.5. The molecule has 1 unspecified atom stereocenters. The molecule has 0 amide bonds. The Labute approximate surface area is 180 Å². The van der Waals surface area contributed by atoms with Gasteiger partial charge in [0.25, 0.3) is 0 Å². The van der Waals surface area contributed by atoms with Gasteiger partial charge in [-0.3, -0.25) is 4.79 Å². The number of methoxy groups -OCH3 is 2. The van der Waals surface area contributed by atoms with Crippen molar-refractivity contribution in [2.24, 2.45) is 0 Å². The van der Waals surface area contributed by atoms with Crippen molar-refractivity contribution in [3.8, 4) is 22.8 Å². The highest BCUT2D eigenvalue weighted by Gasteiger charge is 2.27. The maximum absolute atomic E-state index is 11.5. The summed E-state index contributed by atoms with van der Waals surface area (Å²) < 4.78 is 12.8. The van der Waals surface area contributed by atoms with Crippen LogP contribution < -0.4 is 14.4 Å². The van der Waals surface area contributed by atoms with E-state index in [1.807, 2.05) is 36.6 Å². The molecule has 2 aromatic heterocycles. The molecule has 1 aliphatic rings. The van der Waals surface area contributed by atoms with Crippen molar-refractivity contribution in [2.45, 2.75) is 32.4 Å². The minimum atomic E-state index is 0.172. The Morgan fingerprint density at radius 2 is 1.93 bits per heavy atom. The van der Waals surface area contributed by atoms with Crippen LogP contribution in [-0.4, -0.2) is 52.3 Å². The summed E-state index contributed by atoms with van der Waals surface area (Å²) in [6.07, 6.45) is 0.986. The number of carbonyl (C=O) groups excluding carboxylic acids is 1. The number of aryl methyl sites for hydroxylation is 2. The molecule has 4 rings (SSSR count). The summed E-state index contributed by atoms with van der Waals surface area (Å²) in [6.45, 7) is 7.37. The molecule has 0 saturated carbocycles. The highest BCUT2D eigenvalue weighted by atomic mass is 32.2. The van der Waals surface area contributed by atoms with Crippen LogP contribution in [0.25, 0.3) is 16.9 Å². The van der Waals surface area contributed by atoms with Crippen LogP contribution in [0.4, 0.5) is 5.69 Å². The van der Waals surface area contributed by atoms with Crippen molar-refractivity contribution in [3.05, 3.63) is 35.7 Å². The van der Waals surface area contributed by atoms with Crippen LogP contribution in [0.1, 0.15) is 24.7 Å². The van der Waals surface area contributed by atoms with Gasteiger partial charge in [0.15, 0.2) is 22.3 Å². The zero-order chi connectivity index (χ0) is 21.4. The summed E-state index contributed by atoms with van der Waals surface area (Å²) >= 11 is 1.43. The average molecular weight is 427 g/mol. The standard InChI is InChI=1S/C22H26N4O3S/c1-13-10-18(25-9-8-17(12-25)30-15(3)27)22-23-14(2)21(26(22)24-13)16-6-7-19(28-4)20(11-16)29-5/h6-7,10-11,17H,8-9,12H2,1-5H3. The van der Waals surface area contributed by atoms with Gasteiger partial charge in [-0.25, -0.2) is 9.50 Å². The Kier molecular flexibility index (Phi) is 5.60. The van der Waals surface area contributed by atoms with Crippen molar-refractivity contribution >= 4 is 28.2 Å². The van der Waals surface area contributed by atoms with E-state index in [2.05, 4.69) is 11.0 Å². The molecule has 0 aliphatic carbocycles. The molecule has 1 saturated heterocycles. The van der Waals surface area contributed by atoms with Crippen LogP contribution >= 0.6 is 11.8 Å². The largest absolute Gasteiger partial charge is 0.493 e. The molecule has 1 fully saturated rings. The van der Waals surface area contributed by atoms with Gasteiger partial charge in [-0.1, -0.05) is 11.8 Å². The number of fused-ring (bicyclic) bond motifs is 1. The van der Waals surface area contributed by atoms with Gasteiger partial charge in [0.05, 0.1) is 37.0 Å². The number of aromatic nitrogens is 3. The number of hydrogen-bond donors (Lipinski definition) is 0. The summed E-state index contributed by atoms with van der Waals surface area (Å²) in [5.41, 5.74) is 5.60. The van der Waals surface area contributed by atoms with E-state index >= 15 is 0 Å². The SMILES string of the molecule is COc1ccc(-c2c(C)nc3c(N4CCC(SC(C)=O)C4)cc(C)nn23)cc1OC. The first kappa shape index (κ1) is 20.5. The zero-order valence-corrected chi connectivity index (χ0v) is 18.7. The Balaban J connectivity index is 1.79. The number of rotatable bonds is 5. The number of benzene rings is 1. The lowest BCUT2D eigenvalue weighted by Crippen LogP contribution is -2.22. The van der Waals surface area contributed by atoms with Gasteiger partial charge in [0, 0.05) is 30.8 Å². The molecule has 0 radical (unpaired) electrons. The molecule has 0 spiro atoms. The van der Waals surface area contributed by atoms with Crippen LogP contribution in [0.15, 0.2) is 24.3 Å². The smallest absolute Gasteiger partial charge is 0.186 e. The van der Waals surface area contributed by atoms with E-state index in [0.717, 1.165) is 53.5 Å². The molecule has 1 aliphatic heterocycles. The summed E-state index contributed by atoms with van der Waals surface area (Å²) in [4.78, 5) is 18.7. The Hall–Kier alpha value is -2.74. The lowest BCUT2D eigenvalue weighted by Gasteiger charge is -2.19. The van der Waals surface area contributed by atoms with E-state index in [0.29, 0.717) is 16.7 Å². The van der Waals surface area contributed by atoms with Gasteiger partial charge in [-0.15, -0.1) is 0 Å². The fourth-order valence-corrected chi connectivity index (χ4v) is 5.00. The average Bonchev–Trinajstić information content (AvgIpc) is 3.30. The van der Waals surface area contributed by atoms with Crippen LogP contribution in [0.3, 0.4) is 0 Å². The first-order chi connectivity index (χ1) is 14.4. The van der Waals surface area contributed by atoms with Gasteiger partial charge >= 0.3 is 0 Å². The number of anilines is 1. The second kappa shape index (κ2) is 8.18. The van der Waals surface area contributed by atoms with Crippen LogP contribution in [0, 0.1) is 13.8 Å². The van der Waals surface area contributed by atoms with E-state index in [1.165, 1.54) is 11.8 Å². The van der Waals surface area contributed by atoms with E-state index in [9.17, 15) is 4.79 Å². The number of nitrogens with zero attached hydrogens (tertiary/aromatic N) is 4. The number of hydrogen-bond acceptors (Lipinski definition) is 7. The fraction of sp³-hybridized carbons (Fsp3) is 0.409. The second-order valence-corrected chi connectivity index (χ2v) is 8.97. The summed E-state index contributed by atoms with van der Waals surface area (Å²) in [6, 6.07) is 7.93. The predicted molar refractivity (Wildman–Crippen MR) is 120 cm³/mol. The topological polar surface area (TPSA) is 69.0 Å². The minimum Gasteiger partial charge on any atom is -0.493 e. The number of imidazole rings is 1. The zero-order valence-electron chi connectivity index (χ0n) is 17.9. The number of carbonyl (C=O) groups is 1. The lowest BCUT2D eigenvalue weighted by molar-refractivity contribution is -0.109. The first-order valence-corrected chi connectivity index (χ1v) is 10.8. The highest BCUT2D eigenvalue weighted by molar-refractivity contribution is 8.14. The molecular formula is C22H26N4O3S. The molecule has 1 atom stereocenters. The molecule has 8 heteroatoms. The van der Waals surface area contributed by atoms with E-state index < -0.39 is 0 Å². The van der Waals surface area contributed by atoms with E-state index in [4.69, 9.17) is 19.6 Å². The summed E-state index contributed by atoms with van der Waals surface area (Å²) in [5.74, 6) is 1.35. The Bertz CT molecular complexity index is 1110. The van der Waals surface area contributed by atoms with Crippen molar-refractivity contribution in [1.29, 1.82) is 0 Å². The highest BCUT2D eigenvalue weighted by Crippen LogP contribution is 2.36. The second-order valence-electron chi connectivity index (χ2n) is 7.49. The normalized spacial score (nSPS) is 16.3. The molecule has 3 aromatic rings. The van der Waals surface area contributed by atoms with E-state index in [-0.39, 0.29) is 5.12 Å². The van der Waals surface area contributed by atoms with Gasteiger partial charge in [-0.2, -0.15) is 5.10 Å². The van der Waals surface area contributed by atoms with Crippen molar-refractivity contribution in [1.82, 2.24) is 14.6 Å². The third-order valence-corrected chi connectivity index (χ3v) is 6.39. The Morgan fingerprint density at radius 3 is 2.63 bits per heavy atom. The quantitative estimate of drug-likeness (QED) is 0.613. The van der Waals surface area contributed by atoms with Crippen LogP contribution in [0.5, 0.6) is 11.5 Å². The van der Waals surface area contributed by atoms with Crippen molar-refractivity contribution in [2.75, 3.05) is 32.2 Å². The van der Waals surface area contributed by atoms with Gasteiger partial charge in [-0.05, 0) is 44.5 Å². The third-order valence-electron chi connectivity index (χ3n) is 5.34. The van der Waals surface area contributed by atoms with Gasteiger partial charge < -0.3 is 14.4 Å². The number of thioether (sulfide) groups is 1. The number of ether oxygens (including phenoxy) is 2.